The first-order valence-corrected chi connectivity index (χ1v) is 6.35. The molecule has 4 heteroatoms. The van der Waals surface area contributed by atoms with Crippen LogP contribution in [0.2, 0.25) is 0 Å². The van der Waals surface area contributed by atoms with Gasteiger partial charge in [-0.15, -0.1) is 0 Å². The minimum absolute atomic E-state index is 0.133. The smallest absolute Gasteiger partial charge is 0.255 e. The van der Waals surface area contributed by atoms with Gasteiger partial charge in [-0.1, -0.05) is 22.0 Å². The van der Waals surface area contributed by atoms with E-state index < -0.39 is 0 Å². The van der Waals surface area contributed by atoms with Crippen molar-refractivity contribution in [1.82, 2.24) is 4.98 Å². The Hall–Kier alpha value is -1.68. The Morgan fingerprint density at radius 2 is 2.00 bits per heavy atom. The molecule has 1 heterocycles. The van der Waals surface area contributed by atoms with Crippen molar-refractivity contribution in [3.8, 4) is 0 Å². The number of carbonyl (C=O) groups is 1. The van der Waals surface area contributed by atoms with Gasteiger partial charge in [-0.25, -0.2) is 0 Å². The van der Waals surface area contributed by atoms with Crippen molar-refractivity contribution >= 4 is 27.5 Å². The highest BCUT2D eigenvalue weighted by molar-refractivity contribution is 9.10. The topological polar surface area (TPSA) is 42.0 Å². The van der Waals surface area contributed by atoms with Crippen LogP contribution in [0.1, 0.15) is 21.5 Å². The molecule has 0 radical (unpaired) electrons. The maximum absolute atomic E-state index is 12.1. The van der Waals surface area contributed by atoms with Gasteiger partial charge in [0.05, 0.1) is 11.9 Å². The van der Waals surface area contributed by atoms with E-state index in [0.717, 1.165) is 21.3 Å². The second kappa shape index (κ2) is 5.31. The van der Waals surface area contributed by atoms with Gasteiger partial charge in [0.15, 0.2) is 0 Å². The number of anilines is 1. The summed E-state index contributed by atoms with van der Waals surface area (Å²) < 4.78 is 0.929. The molecule has 0 saturated carbocycles. The van der Waals surface area contributed by atoms with E-state index in [9.17, 15) is 4.79 Å². The van der Waals surface area contributed by atoms with Gasteiger partial charge in [-0.05, 0) is 43.2 Å². The molecule has 0 bridgehead atoms. The average molecular weight is 305 g/mol. The molecule has 1 aromatic heterocycles. The van der Waals surface area contributed by atoms with E-state index in [2.05, 4.69) is 26.2 Å². The molecule has 1 amide bonds. The Kier molecular flexibility index (Phi) is 3.77. The number of nitrogens with zero attached hydrogens (tertiary/aromatic N) is 1. The summed E-state index contributed by atoms with van der Waals surface area (Å²) in [6.45, 7) is 3.92. The molecule has 0 aliphatic heterocycles. The molecule has 0 saturated heterocycles. The third kappa shape index (κ3) is 2.76. The highest BCUT2D eigenvalue weighted by Crippen LogP contribution is 2.19. The van der Waals surface area contributed by atoms with Crippen LogP contribution in [-0.4, -0.2) is 10.9 Å². The van der Waals surface area contributed by atoms with Crippen molar-refractivity contribution in [3.05, 3.63) is 57.8 Å². The number of carbonyl (C=O) groups excluding carboxylic acids is 1. The first kappa shape index (κ1) is 12.8. The number of aromatic nitrogens is 1. The normalized spacial score (nSPS) is 10.2. The van der Waals surface area contributed by atoms with E-state index in [1.165, 1.54) is 0 Å². The standard InChI is InChI=1S/C14H13BrN2O/c1-9-3-4-11(7-12(9)15)14(18)17-13-8-16-6-5-10(13)2/h3-8H,1-2H3,(H,17,18). The van der Waals surface area contributed by atoms with Gasteiger partial charge in [-0.2, -0.15) is 0 Å². The molecule has 0 aliphatic carbocycles. The van der Waals surface area contributed by atoms with Crippen molar-refractivity contribution in [2.75, 3.05) is 5.32 Å². The van der Waals surface area contributed by atoms with Crippen molar-refractivity contribution < 1.29 is 4.79 Å². The summed E-state index contributed by atoms with van der Waals surface area (Å²) in [6.07, 6.45) is 3.35. The molecular weight excluding hydrogens is 292 g/mol. The van der Waals surface area contributed by atoms with E-state index >= 15 is 0 Å². The Morgan fingerprint density at radius 3 is 2.67 bits per heavy atom. The molecule has 1 aromatic carbocycles. The molecule has 2 aromatic rings. The zero-order valence-corrected chi connectivity index (χ0v) is 11.8. The quantitative estimate of drug-likeness (QED) is 0.919. The Morgan fingerprint density at radius 1 is 1.22 bits per heavy atom. The Labute approximate surface area is 114 Å². The first-order chi connectivity index (χ1) is 8.58. The number of hydrogen-bond acceptors (Lipinski definition) is 2. The molecule has 1 N–H and O–H groups in total. The summed E-state index contributed by atoms with van der Waals surface area (Å²) in [6, 6.07) is 7.40. The molecule has 0 aliphatic rings. The van der Waals surface area contributed by atoms with Crippen LogP contribution in [0.25, 0.3) is 0 Å². The maximum atomic E-state index is 12.1. The third-order valence-corrected chi connectivity index (χ3v) is 3.58. The zero-order chi connectivity index (χ0) is 13.1. The summed E-state index contributed by atoms with van der Waals surface area (Å²) in [5.74, 6) is -0.133. The van der Waals surface area contributed by atoms with Crippen LogP contribution < -0.4 is 5.32 Å². The second-order valence-electron chi connectivity index (χ2n) is 4.11. The van der Waals surface area contributed by atoms with Crippen LogP contribution in [0.3, 0.4) is 0 Å². The summed E-state index contributed by atoms with van der Waals surface area (Å²) in [5.41, 5.74) is 3.45. The lowest BCUT2D eigenvalue weighted by molar-refractivity contribution is 0.102. The SMILES string of the molecule is Cc1ccc(C(=O)Nc2cnccc2C)cc1Br. The minimum Gasteiger partial charge on any atom is -0.320 e. The highest BCUT2D eigenvalue weighted by Gasteiger charge is 2.08. The summed E-state index contributed by atoms with van der Waals surface area (Å²) in [5, 5.41) is 2.85. The molecule has 92 valence electrons. The molecule has 0 spiro atoms. The maximum Gasteiger partial charge on any atom is 0.255 e. The number of rotatable bonds is 2. The van der Waals surface area contributed by atoms with Gasteiger partial charge in [0, 0.05) is 16.2 Å². The number of benzene rings is 1. The van der Waals surface area contributed by atoms with Crippen molar-refractivity contribution in [2.45, 2.75) is 13.8 Å². The van der Waals surface area contributed by atoms with E-state index in [1.54, 1.807) is 18.5 Å². The fourth-order valence-electron chi connectivity index (χ4n) is 1.52. The van der Waals surface area contributed by atoms with Crippen LogP contribution in [-0.2, 0) is 0 Å². The second-order valence-corrected chi connectivity index (χ2v) is 4.96. The van der Waals surface area contributed by atoms with Crippen molar-refractivity contribution in [2.24, 2.45) is 0 Å². The summed E-state index contributed by atoms with van der Waals surface area (Å²) in [4.78, 5) is 16.1. The van der Waals surface area contributed by atoms with E-state index in [0.29, 0.717) is 5.56 Å². The highest BCUT2D eigenvalue weighted by atomic mass is 79.9. The molecule has 0 atom stereocenters. The number of nitrogens with one attached hydrogen (secondary N) is 1. The number of aryl methyl sites for hydroxylation is 2. The third-order valence-electron chi connectivity index (χ3n) is 2.72. The van der Waals surface area contributed by atoms with Crippen molar-refractivity contribution in [3.63, 3.8) is 0 Å². The summed E-state index contributed by atoms with van der Waals surface area (Å²) >= 11 is 3.42. The van der Waals surface area contributed by atoms with Crippen molar-refractivity contribution in [1.29, 1.82) is 0 Å². The summed E-state index contributed by atoms with van der Waals surface area (Å²) in [7, 11) is 0. The van der Waals surface area contributed by atoms with Gasteiger partial charge in [0.25, 0.3) is 5.91 Å². The van der Waals surface area contributed by atoms with Crippen LogP contribution in [0, 0.1) is 13.8 Å². The molecule has 0 fully saturated rings. The predicted molar refractivity (Wildman–Crippen MR) is 75.8 cm³/mol. The van der Waals surface area contributed by atoms with Gasteiger partial charge >= 0.3 is 0 Å². The minimum atomic E-state index is -0.133. The van der Waals surface area contributed by atoms with E-state index in [-0.39, 0.29) is 5.91 Å². The largest absolute Gasteiger partial charge is 0.320 e. The van der Waals surface area contributed by atoms with Gasteiger partial charge in [-0.3, -0.25) is 9.78 Å². The Bertz CT molecular complexity index is 596. The fourth-order valence-corrected chi connectivity index (χ4v) is 1.90. The van der Waals surface area contributed by atoms with Crippen LogP contribution >= 0.6 is 15.9 Å². The lowest BCUT2D eigenvalue weighted by Crippen LogP contribution is -2.13. The lowest BCUT2D eigenvalue weighted by atomic mass is 10.1. The number of halogens is 1. The van der Waals surface area contributed by atoms with Crippen LogP contribution in [0.5, 0.6) is 0 Å². The molecular formula is C14H13BrN2O. The molecule has 3 nitrogen and oxygen atoms in total. The average Bonchev–Trinajstić information content (AvgIpc) is 2.35. The predicted octanol–water partition coefficient (Wildman–Crippen LogP) is 3.71. The Balaban J connectivity index is 2.22. The molecule has 2 rings (SSSR count). The van der Waals surface area contributed by atoms with Gasteiger partial charge in [0.2, 0.25) is 0 Å². The number of pyridine rings is 1. The van der Waals surface area contributed by atoms with E-state index in [1.807, 2.05) is 32.0 Å². The fraction of sp³-hybridized carbons (Fsp3) is 0.143. The van der Waals surface area contributed by atoms with Gasteiger partial charge < -0.3 is 5.32 Å². The zero-order valence-electron chi connectivity index (χ0n) is 10.2. The lowest BCUT2D eigenvalue weighted by Gasteiger charge is -2.08. The first-order valence-electron chi connectivity index (χ1n) is 5.56. The number of hydrogen-bond donors (Lipinski definition) is 1. The van der Waals surface area contributed by atoms with Gasteiger partial charge in [0.1, 0.15) is 0 Å². The van der Waals surface area contributed by atoms with E-state index in [4.69, 9.17) is 0 Å². The van der Waals surface area contributed by atoms with Crippen LogP contribution in [0.15, 0.2) is 41.1 Å². The molecule has 18 heavy (non-hydrogen) atoms. The van der Waals surface area contributed by atoms with Crippen LogP contribution in [0.4, 0.5) is 5.69 Å². The monoisotopic (exact) mass is 304 g/mol. The number of amides is 1. The molecule has 0 unspecified atom stereocenters.